The molecule has 0 bridgehead atoms. The summed E-state index contributed by atoms with van der Waals surface area (Å²) in [4.78, 5) is 0. The Labute approximate surface area is 110 Å². The van der Waals surface area contributed by atoms with Gasteiger partial charge in [0.05, 0.1) is 0 Å². The molecular formula is C16H25NO. The SMILES string of the molecule is CC(C)(C)c1ccc(C2CCNCC2CO)cc1. The first-order chi connectivity index (χ1) is 8.52. The third-order valence-corrected chi connectivity index (χ3v) is 4.05. The van der Waals surface area contributed by atoms with Crippen LogP contribution in [-0.2, 0) is 5.41 Å². The van der Waals surface area contributed by atoms with Gasteiger partial charge in [-0.1, -0.05) is 45.0 Å². The first-order valence-electron chi connectivity index (χ1n) is 6.94. The molecule has 1 heterocycles. The van der Waals surface area contributed by atoms with Crippen LogP contribution < -0.4 is 5.32 Å². The number of aliphatic hydroxyl groups excluding tert-OH is 1. The van der Waals surface area contributed by atoms with Crippen LogP contribution in [0.1, 0.15) is 44.2 Å². The minimum atomic E-state index is 0.211. The maximum absolute atomic E-state index is 9.47. The highest BCUT2D eigenvalue weighted by Crippen LogP contribution is 2.31. The Bertz CT molecular complexity index is 377. The van der Waals surface area contributed by atoms with Gasteiger partial charge in [0.2, 0.25) is 0 Å². The molecule has 1 saturated heterocycles. The minimum absolute atomic E-state index is 0.211. The van der Waals surface area contributed by atoms with Crippen LogP contribution in [-0.4, -0.2) is 24.8 Å². The van der Waals surface area contributed by atoms with E-state index in [0.717, 1.165) is 19.5 Å². The van der Waals surface area contributed by atoms with Gasteiger partial charge < -0.3 is 10.4 Å². The van der Waals surface area contributed by atoms with Crippen molar-refractivity contribution in [2.75, 3.05) is 19.7 Å². The maximum Gasteiger partial charge on any atom is 0.0477 e. The van der Waals surface area contributed by atoms with Crippen LogP contribution in [0.3, 0.4) is 0 Å². The predicted octanol–water partition coefficient (Wildman–Crippen LogP) is 2.67. The molecule has 0 aliphatic carbocycles. The second kappa shape index (κ2) is 5.41. The van der Waals surface area contributed by atoms with Gasteiger partial charge in [-0.15, -0.1) is 0 Å². The molecule has 1 aliphatic rings. The molecule has 1 fully saturated rings. The number of rotatable bonds is 2. The van der Waals surface area contributed by atoms with E-state index in [1.807, 2.05) is 0 Å². The average molecular weight is 247 g/mol. The monoisotopic (exact) mass is 247 g/mol. The first-order valence-corrected chi connectivity index (χ1v) is 6.94. The van der Waals surface area contributed by atoms with E-state index in [0.29, 0.717) is 11.8 Å². The standard InChI is InChI=1S/C16H25NO/c1-16(2,3)14-6-4-12(5-7-14)15-8-9-17-10-13(15)11-18/h4-7,13,15,17-18H,8-11H2,1-3H3. The van der Waals surface area contributed by atoms with E-state index in [-0.39, 0.29) is 12.0 Å². The van der Waals surface area contributed by atoms with Crippen molar-refractivity contribution in [2.45, 2.75) is 38.5 Å². The van der Waals surface area contributed by atoms with E-state index < -0.39 is 0 Å². The number of nitrogens with one attached hydrogen (secondary N) is 1. The van der Waals surface area contributed by atoms with Crippen LogP contribution in [0.15, 0.2) is 24.3 Å². The van der Waals surface area contributed by atoms with Crippen molar-refractivity contribution in [2.24, 2.45) is 5.92 Å². The highest BCUT2D eigenvalue weighted by Gasteiger charge is 2.25. The number of piperidine rings is 1. The van der Waals surface area contributed by atoms with Gasteiger partial charge in [0.25, 0.3) is 0 Å². The van der Waals surface area contributed by atoms with Crippen LogP contribution in [0.2, 0.25) is 0 Å². The Morgan fingerprint density at radius 1 is 1.22 bits per heavy atom. The number of aliphatic hydroxyl groups is 1. The van der Waals surface area contributed by atoms with Crippen molar-refractivity contribution < 1.29 is 5.11 Å². The van der Waals surface area contributed by atoms with E-state index in [2.05, 4.69) is 50.4 Å². The fraction of sp³-hybridized carbons (Fsp3) is 0.625. The predicted molar refractivity (Wildman–Crippen MR) is 75.9 cm³/mol. The molecule has 2 N–H and O–H groups in total. The van der Waals surface area contributed by atoms with Crippen LogP contribution in [0.25, 0.3) is 0 Å². The lowest BCUT2D eigenvalue weighted by Crippen LogP contribution is -2.37. The van der Waals surface area contributed by atoms with Crippen LogP contribution in [0, 0.1) is 5.92 Å². The molecule has 0 amide bonds. The van der Waals surface area contributed by atoms with E-state index in [1.54, 1.807) is 0 Å². The number of benzene rings is 1. The lowest BCUT2D eigenvalue weighted by Gasteiger charge is -2.31. The van der Waals surface area contributed by atoms with Gasteiger partial charge in [0, 0.05) is 19.1 Å². The minimum Gasteiger partial charge on any atom is -0.396 e. The molecule has 2 unspecified atom stereocenters. The smallest absolute Gasteiger partial charge is 0.0477 e. The lowest BCUT2D eigenvalue weighted by molar-refractivity contribution is 0.179. The van der Waals surface area contributed by atoms with Crippen LogP contribution in [0.4, 0.5) is 0 Å². The van der Waals surface area contributed by atoms with E-state index in [1.165, 1.54) is 11.1 Å². The molecule has 1 aromatic rings. The summed E-state index contributed by atoms with van der Waals surface area (Å²) in [7, 11) is 0. The molecule has 0 radical (unpaired) electrons. The number of hydrogen-bond acceptors (Lipinski definition) is 2. The topological polar surface area (TPSA) is 32.3 Å². The molecule has 2 nitrogen and oxygen atoms in total. The average Bonchev–Trinajstić information content (AvgIpc) is 2.38. The van der Waals surface area contributed by atoms with Crippen molar-refractivity contribution in [1.29, 1.82) is 0 Å². The largest absolute Gasteiger partial charge is 0.396 e. The zero-order valence-electron chi connectivity index (χ0n) is 11.7. The van der Waals surface area contributed by atoms with Crippen molar-refractivity contribution in [3.8, 4) is 0 Å². The lowest BCUT2D eigenvalue weighted by atomic mass is 9.80. The zero-order valence-corrected chi connectivity index (χ0v) is 11.7. The summed E-state index contributed by atoms with van der Waals surface area (Å²) in [6, 6.07) is 8.98. The first kappa shape index (κ1) is 13.6. The van der Waals surface area contributed by atoms with Crippen LogP contribution in [0.5, 0.6) is 0 Å². The van der Waals surface area contributed by atoms with Gasteiger partial charge >= 0.3 is 0 Å². The fourth-order valence-electron chi connectivity index (χ4n) is 2.78. The molecule has 0 saturated carbocycles. The third-order valence-electron chi connectivity index (χ3n) is 4.05. The fourth-order valence-corrected chi connectivity index (χ4v) is 2.78. The van der Waals surface area contributed by atoms with Crippen molar-refractivity contribution >= 4 is 0 Å². The second-order valence-electron chi connectivity index (χ2n) is 6.41. The molecule has 2 rings (SSSR count). The summed E-state index contributed by atoms with van der Waals surface area (Å²) in [6.07, 6.45) is 1.13. The highest BCUT2D eigenvalue weighted by molar-refractivity contribution is 5.30. The molecule has 2 atom stereocenters. The Hall–Kier alpha value is -0.860. The summed E-state index contributed by atoms with van der Waals surface area (Å²) in [6.45, 7) is 8.98. The molecule has 1 aromatic carbocycles. The van der Waals surface area contributed by atoms with E-state index in [9.17, 15) is 5.11 Å². The van der Waals surface area contributed by atoms with Crippen molar-refractivity contribution in [3.63, 3.8) is 0 Å². The normalized spacial score (nSPS) is 25.1. The molecule has 2 heteroatoms. The summed E-state index contributed by atoms with van der Waals surface area (Å²) in [5, 5.41) is 12.8. The molecule has 0 aromatic heterocycles. The third kappa shape index (κ3) is 2.93. The Kier molecular flexibility index (Phi) is 4.08. The number of hydrogen-bond donors (Lipinski definition) is 2. The Morgan fingerprint density at radius 3 is 2.44 bits per heavy atom. The highest BCUT2D eigenvalue weighted by atomic mass is 16.3. The Morgan fingerprint density at radius 2 is 1.89 bits per heavy atom. The summed E-state index contributed by atoms with van der Waals surface area (Å²) < 4.78 is 0. The Balaban J connectivity index is 2.18. The van der Waals surface area contributed by atoms with Gasteiger partial charge in [-0.25, -0.2) is 0 Å². The van der Waals surface area contributed by atoms with Gasteiger partial charge in [0.15, 0.2) is 0 Å². The molecule has 100 valence electrons. The summed E-state index contributed by atoms with van der Waals surface area (Å²) in [5.74, 6) is 0.865. The van der Waals surface area contributed by atoms with Crippen molar-refractivity contribution in [3.05, 3.63) is 35.4 Å². The molecular weight excluding hydrogens is 222 g/mol. The quantitative estimate of drug-likeness (QED) is 0.842. The summed E-state index contributed by atoms with van der Waals surface area (Å²) in [5.41, 5.74) is 2.97. The maximum atomic E-state index is 9.47. The molecule has 0 spiro atoms. The van der Waals surface area contributed by atoms with Gasteiger partial charge in [-0.2, -0.15) is 0 Å². The van der Waals surface area contributed by atoms with Crippen LogP contribution >= 0.6 is 0 Å². The molecule has 1 aliphatic heterocycles. The van der Waals surface area contributed by atoms with E-state index in [4.69, 9.17) is 0 Å². The van der Waals surface area contributed by atoms with Gasteiger partial charge in [0.1, 0.15) is 0 Å². The van der Waals surface area contributed by atoms with Crippen molar-refractivity contribution in [1.82, 2.24) is 5.32 Å². The van der Waals surface area contributed by atoms with Gasteiger partial charge in [-0.3, -0.25) is 0 Å². The second-order valence-corrected chi connectivity index (χ2v) is 6.41. The zero-order chi connectivity index (χ0) is 13.2. The molecule has 18 heavy (non-hydrogen) atoms. The summed E-state index contributed by atoms with van der Waals surface area (Å²) >= 11 is 0. The van der Waals surface area contributed by atoms with Gasteiger partial charge in [-0.05, 0) is 35.4 Å². The van der Waals surface area contributed by atoms with E-state index >= 15 is 0 Å².